The molecule has 0 unspecified atom stereocenters. The van der Waals surface area contributed by atoms with Gasteiger partial charge in [0, 0.05) is 4.47 Å². The van der Waals surface area contributed by atoms with Crippen LogP contribution in [0, 0.1) is 0 Å². The second kappa shape index (κ2) is 9.24. The van der Waals surface area contributed by atoms with Crippen molar-refractivity contribution in [1.29, 1.82) is 0 Å². The molecule has 0 aliphatic heterocycles. The predicted molar refractivity (Wildman–Crippen MR) is 117 cm³/mol. The van der Waals surface area contributed by atoms with E-state index in [0.29, 0.717) is 5.75 Å². The van der Waals surface area contributed by atoms with Crippen LogP contribution in [0.2, 0.25) is 0 Å². The fourth-order valence-corrected chi connectivity index (χ4v) is 4.41. The zero-order valence-corrected chi connectivity index (χ0v) is 18.2. The minimum absolute atomic E-state index is 0.0385. The molecular formula is C22H20BrNO4S. The second-order valence-electron chi connectivity index (χ2n) is 6.24. The van der Waals surface area contributed by atoms with Crippen LogP contribution >= 0.6 is 15.9 Å². The molecule has 1 amide bonds. The van der Waals surface area contributed by atoms with Gasteiger partial charge in [0.15, 0.2) is 6.61 Å². The third-order valence-corrected chi connectivity index (χ3v) is 6.55. The lowest BCUT2D eigenvalue weighted by Gasteiger charge is -2.23. The van der Waals surface area contributed by atoms with Gasteiger partial charge in [-0.1, -0.05) is 53.2 Å². The van der Waals surface area contributed by atoms with Gasteiger partial charge >= 0.3 is 0 Å². The van der Waals surface area contributed by atoms with Gasteiger partial charge in [0.05, 0.1) is 10.6 Å². The standard InChI is InChI=1S/C22H20BrNO4S/c1-2-17-8-12-19(13-9-17)24(29(26,27)21-6-4-3-5-7-21)22(25)16-28-20-14-10-18(23)11-15-20/h3-15H,2,16H2,1H3. The Morgan fingerprint density at radius 2 is 1.55 bits per heavy atom. The number of ether oxygens (including phenoxy) is 1. The summed E-state index contributed by atoms with van der Waals surface area (Å²) in [6.07, 6.45) is 0.812. The van der Waals surface area contributed by atoms with Crippen LogP contribution in [-0.2, 0) is 21.2 Å². The van der Waals surface area contributed by atoms with Crippen LogP contribution in [0.4, 0.5) is 5.69 Å². The molecule has 0 fully saturated rings. The summed E-state index contributed by atoms with van der Waals surface area (Å²) in [5, 5.41) is 0. The SMILES string of the molecule is CCc1ccc(N(C(=O)COc2ccc(Br)cc2)S(=O)(=O)c2ccccc2)cc1. The Morgan fingerprint density at radius 1 is 0.931 bits per heavy atom. The average Bonchev–Trinajstić information content (AvgIpc) is 2.74. The van der Waals surface area contributed by atoms with Crippen LogP contribution in [0.3, 0.4) is 0 Å². The third-order valence-electron chi connectivity index (χ3n) is 4.26. The number of nitrogens with zero attached hydrogens (tertiary/aromatic N) is 1. The van der Waals surface area contributed by atoms with E-state index in [2.05, 4.69) is 15.9 Å². The molecule has 29 heavy (non-hydrogen) atoms. The molecular weight excluding hydrogens is 454 g/mol. The summed E-state index contributed by atoms with van der Waals surface area (Å²) in [5.74, 6) is -0.207. The van der Waals surface area contributed by atoms with Crippen LogP contribution in [0.25, 0.3) is 0 Å². The molecule has 5 nitrogen and oxygen atoms in total. The number of rotatable bonds is 7. The molecule has 0 N–H and O–H groups in total. The number of carbonyl (C=O) groups excluding carboxylic acids is 1. The Kier molecular flexibility index (Phi) is 6.71. The van der Waals surface area contributed by atoms with Gasteiger partial charge < -0.3 is 4.74 Å². The molecule has 7 heteroatoms. The summed E-state index contributed by atoms with van der Waals surface area (Å²) >= 11 is 3.33. The first kappa shape index (κ1) is 21.1. The summed E-state index contributed by atoms with van der Waals surface area (Å²) in [4.78, 5) is 13.0. The minimum atomic E-state index is -4.09. The first-order chi connectivity index (χ1) is 13.9. The van der Waals surface area contributed by atoms with Crippen LogP contribution < -0.4 is 9.04 Å². The van der Waals surface area contributed by atoms with E-state index in [1.165, 1.54) is 12.1 Å². The Balaban J connectivity index is 1.93. The van der Waals surface area contributed by atoms with Crippen molar-refractivity contribution in [1.82, 2.24) is 0 Å². The van der Waals surface area contributed by atoms with Crippen molar-refractivity contribution in [3.63, 3.8) is 0 Å². The zero-order valence-electron chi connectivity index (χ0n) is 15.8. The molecule has 0 aliphatic carbocycles. The van der Waals surface area contributed by atoms with Crippen molar-refractivity contribution < 1.29 is 17.9 Å². The number of sulfonamides is 1. The number of hydrogen-bond acceptors (Lipinski definition) is 4. The molecule has 3 aromatic rings. The maximum absolute atomic E-state index is 13.2. The summed E-state index contributed by atoms with van der Waals surface area (Å²) in [5.41, 5.74) is 1.32. The Morgan fingerprint density at radius 3 is 2.14 bits per heavy atom. The van der Waals surface area contributed by atoms with Gasteiger partial charge in [-0.3, -0.25) is 4.79 Å². The maximum Gasteiger partial charge on any atom is 0.278 e. The van der Waals surface area contributed by atoms with E-state index in [-0.39, 0.29) is 10.6 Å². The highest BCUT2D eigenvalue weighted by Gasteiger charge is 2.31. The van der Waals surface area contributed by atoms with E-state index >= 15 is 0 Å². The molecule has 0 saturated heterocycles. The van der Waals surface area contributed by atoms with E-state index < -0.39 is 22.5 Å². The van der Waals surface area contributed by atoms with Gasteiger partial charge in [-0.15, -0.1) is 0 Å². The molecule has 0 spiro atoms. The van der Waals surface area contributed by atoms with Gasteiger partial charge in [0.25, 0.3) is 15.9 Å². The van der Waals surface area contributed by atoms with Crippen molar-refractivity contribution in [2.24, 2.45) is 0 Å². The van der Waals surface area contributed by atoms with Gasteiger partial charge in [-0.2, -0.15) is 4.31 Å². The molecule has 0 aliphatic rings. The molecule has 0 heterocycles. The quantitative estimate of drug-likeness (QED) is 0.493. The smallest absolute Gasteiger partial charge is 0.278 e. The highest BCUT2D eigenvalue weighted by molar-refractivity contribution is 9.10. The molecule has 150 valence electrons. The lowest BCUT2D eigenvalue weighted by molar-refractivity contribution is -0.119. The second-order valence-corrected chi connectivity index (χ2v) is 8.94. The van der Waals surface area contributed by atoms with E-state index in [9.17, 15) is 13.2 Å². The van der Waals surface area contributed by atoms with E-state index in [0.717, 1.165) is 20.8 Å². The van der Waals surface area contributed by atoms with Crippen LogP contribution in [-0.4, -0.2) is 20.9 Å². The van der Waals surface area contributed by atoms with E-state index in [4.69, 9.17) is 4.74 Å². The fraction of sp³-hybridized carbons (Fsp3) is 0.136. The molecule has 3 aromatic carbocycles. The van der Waals surface area contributed by atoms with E-state index in [1.807, 2.05) is 19.1 Å². The maximum atomic E-state index is 13.2. The Bertz CT molecular complexity index is 1070. The number of amides is 1. The number of aryl methyl sites for hydroxylation is 1. The lowest BCUT2D eigenvalue weighted by Crippen LogP contribution is -2.40. The molecule has 0 bridgehead atoms. The molecule has 0 saturated carbocycles. The topological polar surface area (TPSA) is 63.7 Å². The first-order valence-corrected chi connectivity index (χ1v) is 11.3. The van der Waals surface area contributed by atoms with Crippen molar-refractivity contribution in [3.8, 4) is 5.75 Å². The van der Waals surface area contributed by atoms with Crippen molar-refractivity contribution in [2.45, 2.75) is 18.2 Å². The molecule has 0 atom stereocenters. The van der Waals surface area contributed by atoms with Crippen molar-refractivity contribution in [3.05, 3.63) is 88.9 Å². The highest BCUT2D eigenvalue weighted by atomic mass is 79.9. The van der Waals surface area contributed by atoms with Gasteiger partial charge in [-0.25, -0.2) is 8.42 Å². The van der Waals surface area contributed by atoms with Crippen LogP contribution in [0.1, 0.15) is 12.5 Å². The Labute approximate surface area is 179 Å². The van der Waals surface area contributed by atoms with Crippen LogP contribution in [0.5, 0.6) is 5.75 Å². The lowest BCUT2D eigenvalue weighted by atomic mass is 10.1. The normalized spacial score (nSPS) is 11.1. The first-order valence-electron chi connectivity index (χ1n) is 9.02. The number of halogens is 1. The monoisotopic (exact) mass is 473 g/mol. The van der Waals surface area contributed by atoms with Crippen molar-refractivity contribution in [2.75, 3.05) is 10.9 Å². The number of anilines is 1. The van der Waals surface area contributed by atoms with Gasteiger partial charge in [0.1, 0.15) is 5.75 Å². The number of hydrogen-bond donors (Lipinski definition) is 0. The third kappa shape index (κ3) is 5.05. The fourth-order valence-electron chi connectivity index (χ4n) is 2.72. The summed E-state index contributed by atoms with van der Waals surface area (Å²) in [6, 6.07) is 21.7. The molecule has 0 aromatic heterocycles. The highest BCUT2D eigenvalue weighted by Crippen LogP contribution is 2.25. The van der Waals surface area contributed by atoms with Gasteiger partial charge in [0.2, 0.25) is 0 Å². The van der Waals surface area contributed by atoms with Gasteiger partial charge in [-0.05, 0) is 60.5 Å². The summed E-state index contributed by atoms with van der Waals surface area (Å²) in [6.45, 7) is 1.59. The average molecular weight is 474 g/mol. The number of benzene rings is 3. The molecule has 0 radical (unpaired) electrons. The largest absolute Gasteiger partial charge is 0.484 e. The Hall–Kier alpha value is -2.64. The summed E-state index contributed by atoms with van der Waals surface area (Å²) < 4.78 is 33.7. The minimum Gasteiger partial charge on any atom is -0.484 e. The predicted octanol–water partition coefficient (Wildman–Crippen LogP) is 4.81. The zero-order chi connectivity index (χ0) is 20.9. The molecule has 3 rings (SSSR count). The van der Waals surface area contributed by atoms with Crippen LogP contribution in [0.15, 0.2) is 88.2 Å². The van der Waals surface area contributed by atoms with E-state index in [1.54, 1.807) is 54.6 Å². The summed E-state index contributed by atoms with van der Waals surface area (Å²) in [7, 11) is -4.09. The van der Waals surface area contributed by atoms with Crippen molar-refractivity contribution >= 4 is 37.5 Å². The number of carbonyl (C=O) groups is 1.